The highest BCUT2D eigenvalue weighted by molar-refractivity contribution is 8.18. The van der Waals surface area contributed by atoms with Gasteiger partial charge in [-0.3, -0.25) is 14.5 Å². The molecule has 2 aromatic carbocycles. The number of imide groups is 1. The Balaban J connectivity index is 0.00000235. The summed E-state index contributed by atoms with van der Waals surface area (Å²) < 4.78 is 23.7. The Hall–Kier alpha value is -3.99. The molecule has 1 fully saturated rings. The zero-order valence-electron chi connectivity index (χ0n) is 34.1. The van der Waals surface area contributed by atoms with Crippen LogP contribution in [0.4, 0.5) is 9.59 Å². The van der Waals surface area contributed by atoms with Gasteiger partial charge < -0.3 is 24.3 Å². The number of hydrogen-bond acceptors (Lipinski definition) is 9. The Bertz CT molecular complexity index is 1600. The van der Waals surface area contributed by atoms with Crippen molar-refractivity contribution in [2.45, 2.75) is 132 Å². The molecule has 2 aromatic rings. The first-order valence-electron chi connectivity index (χ1n) is 19.0. The first kappa shape index (κ1) is 45.2. The Kier molecular flexibility index (Phi) is 17.9. The number of ether oxygens (including phenoxy) is 4. The van der Waals surface area contributed by atoms with Crippen LogP contribution in [0.3, 0.4) is 0 Å². The number of esters is 1. The van der Waals surface area contributed by atoms with Crippen LogP contribution < -0.4 is 14.8 Å². The van der Waals surface area contributed by atoms with Crippen LogP contribution in [0.25, 0.3) is 6.08 Å². The van der Waals surface area contributed by atoms with Gasteiger partial charge in [-0.2, -0.15) is 0 Å². The van der Waals surface area contributed by atoms with Gasteiger partial charge in [0.2, 0.25) is 0 Å². The topological polar surface area (TPSA) is 120 Å². The molecule has 1 N–H and O–H groups in total. The third-order valence-electron chi connectivity index (χ3n) is 8.77. The number of rotatable bonds is 13. The molecule has 0 aromatic heterocycles. The van der Waals surface area contributed by atoms with Gasteiger partial charge >= 0.3 is 12.1 Å². The normalized spacial score (nSPS) is 17.1. The van der Waals surface area contributed by atoms with Crippen molar-refractivity contribution in [3.8, 4) is 11.5 Å². The third-order valence-corrected chi connectivity index (χ3v) is 9.73. The molecule has 10 nitrogen and oxygen atoms in total. The Morgan fingerprint density at radius 3 is 2.17 bits per heavy atom. The van der Waals surface area contributed by atoms with Crippen LogP contribution in [-0.4, -0.2) is 66.1 Å². The second-order valence-corrected chi connectivity index (χ2v) is 15.0. The highest BCUT2D eigenvalue weighted by Crippen LogP contribution is 2.41. The summed E-state index contributed by atoms with van der Waals surface area (Å²) in [6.45, 7) is 22.7. The zero-order valence-corrected chi connectivity index (χ0v) is 34.9. The SMILES string of the molecule is CC.CC.Cc1c(C)c(C(=O)OCCCCCCCNC(=O)OC(C)(C)C)c(C)c2c1OC(C)(COc1ccc(/C=C3\SC(=O)N(C)C3=O)cc1)CC2. The maximum Gasteiger partial charge on any atom is 0.407 e. The van der Waals surface area contributed by atoms with E-state index < -0.39 is 17.3 Å². The molecule has 11 heteroatoms. The monoisotopic (exact) mass is 754 g/mol. The first-order chi connectivity index (χ1) is 25.1. The largest absolute Gasteiger partial charge is 0.489 e. The number of fused-ring (bicyclic) bond motifs is 1. The van der Waals surface area contributed by atoms with E-state index in [1.807, 2.05) is 100 Å². The first-order valence-corrected chi connectivity index (χ1v) is 19.8. The number of benzene rings is 2. The summed E-state index contributed by atoms with van der Waals surface area (Å²) in [5.41, 5.74) is 4.09. The van der Waals surface area contributed by atoms with Crippen molar-refractivity contribution >= 4 is 41.0 Å². The van der Waals surface area contributed by atoms with Gasteiger partial charge in [-0.1, -0.05) is 59.1 Å². The van der Waals surface area contributed by atoms with Crippen LogP contribution in [-0.2, 0) is 20.7 Å². The zero-order chi connectivity index (χ0) is 39.9. The Morgan fingerprint density at radius 1 is 0.943 bits per heavy atom. The number of amides is 3. The number of alkyl carbamates (subject to hydrolysis) is 1. The molecule has 2 aliphatic rings. The fourth-order valence-electron chi connectivity index (χ4n) is 5.81. The van der Waals surface area contributed by atoms with Gasteiger partial charge in [-0.25, -0.2) is 9.59 Å². The maximum atomic E-state index is 13.2. The minimum atomic E-state index is -0.567. The molecule has 0 spiro atoms. The van der Waals surface area contributed by atoms with Gasteiger partial charge in [0, 0.05) is 13.6 Å². The summed E-state index contributed by atoms with van der Waals surface area (Å²) in [5, 5.41) is 2.50. The number of nitrogens with zero attached hydrogens (tertiary/aromatic N) is 1. The number of likely N-dealkylation sites (N-methyl/N-ethyl adjacent to an activating group) is 1. The van der Waals surface area contributed by atoms with Crippen LogP contribution in [0, 0.1) is 20.8 Å². The molecule has 0 saturated carbocycles. The lowest BCUT2D eigenvalue weighted by Crippen LogP contribution is -2.42. The molecule has 1 saturated heterocycles. The van der Waals surface area contributed by atoms with E-state index in [0.29, 0.717) is 36.0 Å². The predicted octanol–water partition coefficient (Wildman–Crippen LogP) is 10.1. The van der Waals surface area contributed by atoms with Crippen molar-refractivity contribution in [2.24, 2.45) is 0 Å². The Morgan fingerprint density at radius 2 is 1.57 bits per heavy atom. The number of carbonyl (C=O) groups excluding carboxylic acids is 4. The fraction of sp³-hybridized carbons (Fsp3) is 0.571. The minimum Gasteiger partial charge on any atom is -0.489 e. The average molecular weight is 755 g/mol. The van der Waals surface area contributed by atoms with Gasteiger partial charge in [0.05, 0.1) is 17.1 Å². The molecule has 294 valence electrons. The van der Waals surface area contributed by atoms with E-state index in [-0.39, 0.29) is 17.1 Å². The van der Waals surface area contributed by atoms with Crippen LogP contribution >= 0.6 is 11.8 Å². The molecule has 2 heterocycles. The molecule has 0 radical (unpaired) electrons. The number of hydrogen-bond donors (Lipinski definition) is 1. The van der Waals surface area contributed by atoms with Crippen molar-refractivity contribution in [3.63, 3.8) is 0 Å². The van der Waals surface area contributed by atoms with E-state index in [9.17, 15) is 19.2 Å². The van der Waals surface area contributed by atoms with E-state index in [4.69, 9.17) is 18.9 Å². The minimum absolute atomic E-state index is 0.280. The van der Waals surface area contributed by atoms with E-state index in [1.165, 1.54) is 7.05 Å². The molecular weight excluding hydrogens is 693 g/mol. The number of carbonyl (C=O) groups is 4. The number of thioether (sulfide) groups is 1. The summed E-state index contributed by atoms with van der Waals surface area (Å²) in [6.07, 6.45) is 7.35. The molecule has 2 aliphatic heterocycles. The van der Waals surface area contributed by atoms with Crippen LogP contribution in [0.1, 0.15) is 132 Å². The molecule has 53 heavy (non-hydrogen) atoms. The molecule has 0 bridgehead atoms. The number of nitrogens with one attached hydrogen (secondary N) is 1. The van der Waals surface area contributed by atoms with Gasteiger partial charge in [-0.15, -0.1) is 0 Å². The lowest BCUT2D eigenvalue weighted by molar-refractivity contribution is -0.121. The fourth-order valence-corrected chi connectivity index (χ4v) is 6.64. The van der Waals surface area contributed by atoms with Crippen molar-refractivity contribution in [3.05, 3.63) is 62.6 Å². The lowest BCUT2D eigenvalue weighted by Gasteiger charge is -2.38. The third kappa shape index (κ3) is 13.1. The second-order valence-electron chi connectivity index (χ2n) is 14.0. The van der Waals surface area contributed by atoms with E-state index in [2.05, 4.69) is 5.32 Å². The van der Waals surface area contributed by atoms with Crippen LogP contribution in [0.2, 0.25) is 0 Å². The predicted molar refractivity (Wildman–Crippen MR) is 214 cm³/mol. The summed E-state index contributed by atoms with van der Waals surface area (Å²) in [7, 11) is 1.48. The van der Waals surface area contributed by atoms with Crippen molar-refractivity contribution in [2.75, 3.05) is 26.8 Å². The molecule has 1 atom stereocenters. The van der Waals surface area contributed by atoms with Gasteiger partial charge in [0.15, 0.2) is 0 Å². The van der Waals surface area contributed by atoms with E-state index >= 15 is 0 Å². The van der Waals surface area contributed by atoms with E-state index in [0.717, 1.165) is 95.2 Å². The molecular formula is C42H62N2O8S. The summed E-state index contributed by atoms with van der Waals surface area (Å²) >= 11 is 0.931. The summed E-state index contributed by atoms with van der Waals surface area (Å²) in [6, 6.07) is 7.38. The molecule has 3 amide bonds. The second kappa shape index (κ2) is 21.0. The highest BCUT2D eigenvalue weighted by atomic mass is 32.2. The summed E-state index contributed by atoms with van der Waals surface area (Å²) in [4.78, 5) is 50.4. The van der Waals surface area contributed by atoms with Crippen molar-refractivity contribution in [1.29, 1.82) is 0 Å². The van der Waals surface area contributed by atoms with Crippen LogP contribution in [0.15, 0.2) is 29.2 Å². The smallest absolute Gasteiger partial charge is 0.407 e. The molecule has 4 rings (SSSR count). The molecule has 1 unspecified atom stereocenters. The highest BCUT2D eigenvalue weighted by Gasteiger charge is 2.36. The van der Waals surface area contributed by atoms with Crippen molar-refractivity contribution in [1.82, 2.24) is 10.2 Å². The van der Waals surface area contributed by atoms with Gasteiger partial charge in [0.25, 0.3) is 11.1 Å². The Labute approximate surface area is 321 Å². The van der Waals surface area contributed by atoms with Gasteiger partial charge in [0.1, 0.15) is 29.3 Å². The average Bonchev–Trinajstić information content (AvgIpc) is 3.36. The quantitative estimate of drug-likeness (QED) is 0.121. The standard InChI is InChI=1S/C38H50N2O8S.2C2H6/c1-24-25(2)32-29(26(3)31(24)34(42)45-21-13-11-9-10-12-20-39-35(43)48-37(4,5)6)18-19-38(7,47-32)23-46-28-16-14-27(15-17-28)22-30-33(41)40(8)36(44)49-30;2*1-2/h14-17,22H,9-13,18-21,23H2,1-8H3,(H,39,43);2*1-2H3/b30-22-;;. The molecule has 0 aliphatic carbocycles. The summed E-state index contributed by atoms with van der Waals surface area (Å²) in [5.74, 6) is 0.889. The number of unbranched alkanes of at least 4 members (excludes halogenated alkanes) is 4. The maximum absolute atomic E-state index is 13.2. The van der Waals surface area contributed by atoms with E-state index in [1.54, 1.807) is 6.08 Å². The van der Waals surface area contributed by atoms with Crippen LogP contribution in [0.5, 0.6) is 11.5 Å². The van der Waals surface area contributed by atoms with Gasteiger partial charge in [-0.05, 0) is 132 Å². The van der Waals surface area contributed by atoms with Crippen molar-refractivity contribution < 1.29 is 38.1 Å². The lowest BCUT2D eigenvalue weighted by atomic mass is 9.85.